The molecule has 0 bridgehead atoms. The molecular formula is C11H13FN2O4S2. The van der Waals surface area contributed by atoms with Crippen molar-refractivity contribution in [2.45, 2.75) is 22.6 Å². The largest absolute Gasteiger partial charge is 0.243 e. The van der Waals surface area contributed by atoms with Gasteiger partial charge in [0.05, 0.1) is 4.90 Å². The van der Waals surface area contributed by atoms with Gasteiger partial charge in [-0.15, -0.1) is 12.3 Å². The van der Waals surface area contributed by atoms with Gasteiger partial charge in [0.2, 0.25) is 20.0 Å². The van der Waals surface area contributed by atoms with Crippen LogP contribution in [-0.2, 0) is 20.0 Å². The highest BCUT2D eigenvalue weighted by Gasteiger charge is 2.20. The van der Waals surface area contributed by atoms with E-state index in [1.165, 1.54) is 0 Å². The monoisotopic (exact) mass is 320 g/mol. The third kappa shape index (κ3) is 4.28. The summed E-state index contributed by atoms with van der Waals surface area (Å²) in [6, 6.07) is 2.33. The summed E-state index contributed by atoms with van der Waals surface area (Å²) in [4.78, 5) is -1.15. The highest BCUT2D eigenvalue weighted by Crippen LogP contribution is 2.18. The minimum absolute atomic E-state index is 0.0584. The smallest absolute Gasteiger partial charge is 0.225 e. The van der Waals surface area contributed by atoms with Gasteiger partial charge in [-0.25, -0.2) is 31.1 Å². The Morgan fingerprint density at radius 3 is 2.45 bits per heavy atom. The van der Waals surface area contributed by atoms with Crippen molar-refractivity contribution in [2.75, 3.05) is 6.54 Å². The Bertz CT molecular complexity index is 736. The van der Waals surface area contributed by atoms with E-state index in [2.05, 4.69) is 10.6 Å². The van der Waals surface area contributed by atoms with Crippen LogP contribution >= 0.6 is 0 Å². The molecule has 1 aromatic rings. The zero-order valence-electron chi connectivity index (χ0n) is 10.3. The molecule has 1 rings (SSSR count). The number of hydrogen-bond donors (Lipinski definition) is 2. The predicted molar refractivity (Wildman–Crippen MR) is 71.0 cm³/mol. The third-order valence-corrected chi connectivity index (χ3v) is 4.72. The number of primary sulfonamides is 1. The first kappa shape index (κ1) is 16.6. The van der Waals surface area contributed by atoms with E-state index in [4.69, 9.17) is 11.6 Å². The number of hydrogen-bond acceptors (Lipinski definition) is 4. The van der Waals surface area contributed by atoms with Crippen LogP contribution < -0.4 is 9.86 Å². The molecule has 0 amide bonds. The van der Waals surface area contributed by atoms with Gasteiger partial charge in [0, 0.05) is 13.0 Å². The third-order valence-electron chi connectivity index (χ3n) is 2.31. The summed E-state index contributed by atoms with van der Waals surface area (Å²) < 4.78 is 61.5. The Balaban J connectivity index is 3.00. The average molecular weight is 320 g/mol. The molecule has 0 aromatic heterocycles. The summed E-state index contributed by atoms with van der Waals surface area (Å²) in [7, 11) is -8.15. The van der Waals surface area contributed by atoms with Crippen LogP contribution in [-0.4, -0.2) is 23.4 Å². The van der Waals surface area contributed by atoms with Crippen LogP contribution in [0.25, 0.3) is 0 Å². The number of halogens is 1. The minimum atomic E-state index is -4.09. The number of terminal acetylenes is 1. The van der Waals surface area contributed by atoms with E-state index in [0.29, 0.717) is 18.9 Å². The zero-order valence-corrected chi connectivity index (χ0v) is 12.0. The first-order chi connectivity index (χ1) is 9.18. The van der Waals surface area contributed by atoms with Crippen molar-refractivity contribution in [3.8, 4) is 12.3 Å². The average Bonchev–Trinajstić information content (AvgIpc) is 2.33. The molecule has 0 saturated heterocycles. The lowest BCUT2D eigenvalue weighted by molar-refractivity contribution is 0.551. The molecule has 1 aromatic carbocycles. The Kier molecular flexibility index (Phi) is 5.24. The van der Waals surface area contributed by atoms with Gasteiger partial charge in [-0.1, -0.05) is 0 Å². The molecule has 3 N–H and O–H groups in total. The van der Waals surface area contributed by atoms with Crippen LogP contribution in [0.1, 0.15) is 12.8 Å². The van der Waals surface area contributed by atoms with Crippen LogP contribution in [0.4, 0.5) is 4.39 Å². The molecule has 6 nitrogen and oxygen atoms in total. The highest BCUT2D eigenvalue weighted by atomic mass is 32.2. The molecule has 20 heavy (non-hydrogen) atoms. The topological polar surface area (TPSA) is 106 Å². The molecule has 0 fully saturated rings. The molecule has 0 heterocycles. The molecule has 0 aliphatic heterocycles. The van der Waals surface area contributed by atoms with Crippen LogP contribution in [0, 0.1) is 18.2 Å². The molecule has 0 unspecified atom stereocenters. The summed E-state index contributed by atoms with van der Waals surface area (Å²) >= 11 is 0. The number of nitrogens with one attached hydrogen (secondary N) is 1. The fourth-order valence-electron chi connectivity index (χ4n) is 1.35. The summed E-state index contributed by atoms with van der Waals surface area (Å²) in [6.45, 7) is 0.0584. The van der Waals surface area contributed by atoms with Crippen molar-refractivity contribution in [3.05, 3.63) is 24.0 Å². The number of rotatable bonds is 6. The van der Waals surface area contributed by atoms with Gasteiger partial charge in [0.1, 0.15) is 10.7 Å². The first-order valence-corrected chi connectivity index (χ1v) is 8.47. The molecule has 0 aliphatic carbocycles. The molecule has 0 spiro atoms. The first-order valence-electron chi connectivity index (χ1n) is 5.44. The number of nitrogens with two attached hydrogens (primary N) is 1. The van der Waals surface area contributed by atoms with Crippen LogP contribution in [0.3, 0.4) is 0 Å². The zero-order chi connectivity index (χ0) is 15.4. The Morgan fingerprint density at radius 2 is 1.95 bits per heavy atom. The maximum absolute atomic E-state index is 13.7. The number of benzene rings is 1. The van der Waals surface area contributed by atoms with Crippen molar-refractivity contribution in [1.82, 2.24) is 4.72 Å². The number of unbranched alkanes of at least 4 members (excludes halogenated alkanes) is 1. The number of sulfonamides is 2. The lowest BCUT2D eigenvalue weighted by Gasteiger charge is -2.08. The Morgan fingerprint density at radius 1 is 1.30 bits per heavy atom. The molecule has 0 atom stereocenters. The van der Waals surface area contributed by atoms with E-state index in [1.807, 2.05) is 0 Å². The van der Waals surface area contributed by atoms with Gasteiger partial charge in [-0.2, -0.15) is 0 Å². The summed E-state index contributed by atoms with van der Waals surface area (Å²) in [5.74, 6) is 1.15. The van der Waals surface area contributed by atoms with Crippen molar-refractivity contribution < 1.29 is 21.2 Å². The van der Waals surface area contributed by atoms with Crippen molar-refractivity contribution in [3.63, 3.8) is 0 Å². The molecule has 0 saturated carbocycles. The quantitative estimate of drug-likeness (QED) is 0.575. The fourth-order valence-corrected chi connectivity index (χ4v) is 3.01. The van der Waals surface area contributed by atoms with E-state index in [9.17, 15) is 21.2 Å². The van der Waals surface area contributed by atoms with Gasteiger partial charge >= 0.3 is 0 Å². The standard InChI is InChI=1S/C11H13FN2O4S2/c1-2-3-4-7-14-20(17,18)11-6-5-9(8-10(11)12)19(13,15)16/h1,5-6,8,14H,3-4,7H2,(H2,13,15,16). The van der Waals surface area contributed by atoms with Crippen LogP contribution in [0.2, 0.25) is 0 Å². The Labute approximate surface area is 117 Å². The normalized spacial score (nSPS) is 12.1. The fraction of sp³-hybridized carbons (Fsp3) is 0.273. The second-order valence-corrected chi connectivity index (χ2v) is 7.14. The van der Waals surface area contributed by atoms with E-state index in [0.717, 1.165) is 12.1 Å². The predicted octanol–water partition coefficient (Wildman–Crippen LogP) is 0.165. The molecule has 0 aliphatic rings. The minimum Gasteiger partial charge on any atom is -0.225 e. The molecule has 0 radical (unpaired) electrons. The maximum Gasteiger partial charge on any atom is 0.243 e. The second kappa shape index (κ2) is 6.32. The SMILES string of the molecule is C#CCCCNS(=O)(=O)c1ccc(S(N)(=O)=O)cc1F. The maximum atomic E-state index is 13.7. The molecular weight excluding hydrogens is 307 g/mol. The highest BCUT2D eigenvalue weighted by molar-refractivity contribution is 7.89. The van der Waals surface area contributed by atoms with Gasteiger partial charge in [-0.3, -0.25) is 0 Å². The Hall–Kier alpha value is -1.47. The van der Waals surface area contributed by atoms with Gasteiger partial charge in [0.15, 0.2) is 0 Å². The van der Waals surface area contributed by atoms with Gasteiger partial charge in [0.25, 0.3) is 0 Å². The molecule has 110 valence electrons. The van der Waals surface area contributed by atoms with Crippen LogP contribution in [0.5, 0.6) is 0 Å². The van der Waals surface area contributed by atoms with E-state index in [-0.39, 0.29) is 6.54 Å². The van der Waals surface area contributed by atoms with Crippen molar-refractivity contribution >= 4 is 20.0 Å². The summed E-state index contributed by atoms with van der Waals surface area (Å²) in [6.07, 6.45) is 5.81. The van der Waals surface area contributed by atoms with Gasteiger partial charge < -0.3 is 0 Å². The van der Waals surface area contributed by atoms with Gasteiger partial charge in [-0.05, 0) is 24.6 Å². The van der Waals surface area contributed by atoms with E-state index < -0.39 is 35.7 Å². The summed E-state index contributed by atoms with van der Waals surface area (Å²) in [5, 5.41) is 4.82. The van der Waals surface area contributed by atoms with E-state index in [1.54, 1.807) is 0 Å². The lowest BCUT2D eigenvalue weighted by Crippen LogP contribution is -2.26. The van der Waals surface area contributed by atoms with Crippen molar-refractivity contribution in [2.24, 2.45) is 5.14 Å². The molecule has 9 heteroatoms. The van der Waals surface area contributed by atoms with Crippen molar-refractivity contribution in [1.29, 1.82) is 0 Å². The lowest BCUT2D eigenvalue weighted by atomic mass is 10.3. The second-order valence-electron chi connectivity index (χ2n) is 3.84. The van der Waals surface area contributed by atoms with E-state index >= 15 is 0 Å². The van der Waals surface area contributed by atoms with Crippen LogP contribution in [0.15, 0.2) is 28.0 Å². The summed E-state index contributed by atoms with van der Waals surface area (Å²) in [5.41, 5.74) is 0.